The average Bonchev–Trinajstić information content (AvgIpc) is 2.70. The largest absolute Gasteiger partial charge is 0.378 e. The summed E-state index contributed by atoms with van der Waals surface area (Å²) in [6.07, 6.45) is 3.36. The Morgan fingerprint density at radius 2 is 1.96 bits per heavy atom. The van der Waals surface area contributed by atoms with Crippen molar-refractivity contribution in [2.75, 3.05) is 57.9 Å². The van der Waals surface area contributed by atoms with Gasteiger partial charge in [-0.2, -0.15) is 0 Å². The monoisotopic (exact) mass is 361 g/mol. The fraction of sp³-hybridized carbons (Fsp3) is 0.611. The molecule has 3 rings (SSSR count). The van der Waals surface area contributed by atoms with Crippen molar-refractivity contribution in [2.45, 2.75) is 18.9 Å². The summed E-state index contributed by atoms with van der Waals surface area (Å²) in [5.74, 6) is -0.110. The first kappa shape index (κ1) is 18.6. The van der Waals surface area contributed by atoms with Gasteiger partial charge in [0.2, 0.25) is 5.91 Å². The molecule has 0 aromatic carbocycles. The van der Waals surface area contributed by atoms with Crippen LogP contribution in [-0.2, 0) is 9.53 Å². The van der Waals surface area contributed by atoms with Crippen LogP contribution in [0.2, 0.25) is 0 Å². The highest BCUT2D eigenvalue weighted by Gasteiger charge is 2.23. The molecule has 2 aliphatic heterocycles. The Morgan fingerprint density at radius 3 is 2.65 bits per heavy atom. The molecule has 0 bridgehead atoms. The number of carbonyl (C=O) groups excluding carboxylic acids is 2. The van der Waals surface area contributed by atoms with Crippen molar-refractivity contribution in [1.29, 1.82) is 0 Å². The van der Waals surface area contributed by atoms with E-state index in [1.54, 1.807) is 13.2 Å². The highest BCUT2D eigenvalue weighted by atomic mass is 16.5. The summed E-state index contributed by atoms with van der Waals surface area (Å²) in [4.78, 5) is 32.6. The van der Waals surface area contributed by atoms with Crippen molar-refractivity contribution < 1.29 is 14.3 Å². The summed E-state index contributed by atoms with van der Waals surface area (Å²) in [6, 6.07) is 3.90. The number of morpholine rings is 1. The van der Waals surface area contributed by atoms with Crippen LogP contribution in [0.1, 0.15) is 23.3 Å². The third-order valence-corrected chi connectivity index (χ3v) is 4.92. The van der Waals surface area contributed by atoms with E-state index in [9.17, 15) is 9.59 Å². The van der Waals surface area contributed by atoms with Gasteiger partial charge in [-0.05, 0) is 25.0 Å². The number of amides is 2. The number of hydrogen-bond donors (Lipinski definition) is 2. The molecule has 0 spiro atoms. The second-order valence-corrected chi connectivity index (χ2v) is 6.70. The third kappa shape index (κ3) is 4.92. The summed E-state index contributed by atoms with van der Waals surface area (Å²) < 4.78 is 5.37. The molecule has 2 amide bonds. The number of anilines is 1. The molecule has 0 saturated carbocycles. The molecule has 2 saturated heterocycles. The maximum atomic E-state index is 12.6. The molecule has 26 heavy (non-hydrogen) atoms. The predicted molar refractivity (Wildman–Crippen MR) is 98.3 cm³/mol. The molecule has 0 unspecified atom stereocenters. The van der Waals surface area contributed by atoms with Crippen LogP contribution >= 0.6 is 0 Å². The van der Waals surface area contributed by atoms with Crippen LogP contribution in [-0.4, -0.2) is 80.7 Å². The van der Waals surface area contributed by atoms with Gasteiger partial charge in [-0.1, -0.05) is 0 Å². The molecule has 8 nitrogen and oxygen atoms in total. The Labute approximate surface area is 153 Å². The number of rotatable bonds is 5. The summed E-state index contributed by atoms with van der Waals surface area (Å²) >= 11 is 0. The first-order valence-electron chi connectivity index (χ1n) is 9.18. The van der Waals surface area contributed by atoms with Crippen molar-refractivity contribution >= 4 is 17.5 Å². The zero-order chi connectivity index (χ0) is 18.4. The van der Waals surface area contributed by atoms with E-state index in [0.717, 1.165) is 44.7 Å². The van der Waals surface area contributed by atoms with E-state index in [0.29, 0.717) is 25.5 Å². The fourth-order valence-corrected chi connectivity index (χ4v) is 3.34. The SMILES string of the molecule is CNC(=O)CN1CCC(NC(=O)c2cc(N3CCOCC3)ccn2)CC1. The van der Waals surface area contributed by atoms with E-state index in [1.807, 2.05) is 12.1 Å². The summed E-state index contributed by atoms with van der Waals surface area (Å²) in [6.45, 7) is 5.10. The molecule has 0 aliphatic carbocycles. The topological polar surface area (TPSA) is 86.8 Å². The van der Waals surface area contributed by atoms with Gasteiger partial charge in [-0.25, -0.2) is 0 Å². The Morgan fingerprint density at radius 1 is 1.23 bits per heavy atom. The molecular weight excluding hydrogens is 334 g/mol. The number of aromatic nitrogens is 1. The van der Waals surface area contributed by atoms with Crippen LogP contribution in [0.25, 0.3) is 0 Å². The van der Waals surface area contributed by atoms with Crippen LogP contribution in [0.15, 0.2) is 18.3 Å². The minimum atomic E-state index is -0.134. The molecule has 2 fully saturated rings. The smallest absolute Gasteiger partial charge is 0.270 e. The molecule has 0 radical (unpaired) electrons. The van der Waals surface area contributed by atoms with Crippen molar-refractivity contribution in [3.05, 3.63) is 24.0 Å². The van der Waals surface area contributed by atoms with Crippen LogP contribution < -0.4 is 15.5 Å². The standard InChI is InChI=1S/C18H27N5O3/c1-19-17(24)13-22-6-3-14(4-7-22)21-18(25)16-12-15(2-5-20-16)23-8-10-26-11-9-23/h2,5,12,14H,3-4,6-11,13H2,1H3,(H,19,24)(H,21,25). The fourth-order valence-electron chi connectivity index (χ4n) is 3.34. The third-order valence-electron chi connectivity index (χ3n) is 4.92. The number of nitrogens with zero attached hydrogens (tertiary/aromatic N) is 3. The molecule has 0 atom stereocenters. The van der Waals surface area contributed by atoms with Gasteiger partial charge in [0.25, 0.3) is 5.91 Å². The Hall–Kier alpha value is -2.19. The van der Waals surface area contributed by atoms with Gasteiger partial charge in [-0.3, -0.25) is 19.5 Å². The highest BCUT2D eigenvalue weighted by Crippen LogP contribution is 2.17. The van der Waals surface area contributed by atoms with E-state index < -0.39 is 0 Å². The van der Waals surface area contributed by atoms with Crippen LogP contribution in [0.4, 0.5) is 5.69 Å². The molecule has 2 N–H and O–H groups in total. The molecule has 3 heterocycles. The highest BCUT2D eigenvalue weighted by molar-refractivity contribution is 5.93. The van der Waals surface area contributed by atoms with Gasteiger partial charge in [0, 0.05) is 51.2 Å². The Bertz CT molecular complexity index is 625. The van der Waals surface area contributed by atoms with Crippen LogP contribution in [0.3, 0.4) is 0 Å². The second-order valence-electron chi connectivity index (χ2n) is 6.70. The molecule has 2 aliphatic rings. The number of hydrogen-bond acceptors (Lipinski definition) is 6. The van der Waals surface area contributed by atoms with E-state index in [1.165, 1.54) is 0 Å². The van der Waals surface area contributed by atoms with E-state index in [4.69, 9.17) is 4.74 Å². The summed E-state index contributed by atoms with van der Waals surface area (Å²) in [5, 5.41) is 5.72. The maximum Gasteiger partial charge on any atom is 0.270 e. The van der Waals surface area contributed by atoms with Gasteiger partial charge in [0.1, 0.15) is 5.69 Å². The minimum Gasteiger partial charge on any atom is -0.378 e. The lowest BCUT2D eigenvalue weighted by Gasteiger charge is -2.31. The second kappa shape index (κ2) is 8.95. The maximum absolute atomic E-state index is 12.6. The first-order valence-corrected chi connectivity index (χ1v) is 9.18. The minimum absolute atomic E-state index is 0.0246. The molecule has 1 aromatic heterocycles. The number of likely N-dealkylation sites (N-methyl/N-ethyl adjacent to an activating group) is 1. The Balaban J connectivity index is 1.51. The van der Waals surface area contributed by atoms with Crippen LogP contribution in [0.5, 0.6) is 0 Å². The first-order chi connectivity index (χ1) is 12.7. The Kier molecular flexibility index (Phi) is 6.40. The lowest BCUT2D eigenvalue weighted by Crippen LogP contribution is -2.47. The van der Waals surface area contributed by atoms with E-state index in [2.05, 4.69) is 25.4 Å². The lowest BCUT2D eigenvalue weighted by molar-refractivity contribution is -0.122. The number of nitrogens with one attached hydrogen (secondary N) is 2. The summed E-state index contributed by atoms with van der Waals surface area (Å²) in [5.41, 5.74) is 1.45. The zero-order valence-electron chi connectivity index (χ0n) is 15.2. The van der Waals surface area contributed by atoms with E-state index >= 15 is 0 Å². The van der Waals surface area contributed by atoms with Crippen molar-refractivity contribution in [3.63, 3.8) is 0 Å². The number of carbonyl (C=O) groups is 2. The van der Waals surface area contributed by atoms with Crippen LogP contribution in [0, 0.1) is 0 Å². The number of likely N-dealkylation sites (tertiary alicyclic amines) is 1. The van der Waals surface area contributed by atoms with Gasteiger partial charge < -0.3 is 20.3 Å². The number of ether oxygens (including phenoxy) is 1. The molecule has 8 heteroatoms. The number of pyridine rings is 1. The molecular formula is C18H27N5O3. The van der Waals surface area contributed by atoms with Gasteiger partial charge >= 0.3 is 0 Å². The zero-order valence-corrected chi connectivity index (χ0v) is 15.2. The lowest BCUT2D eigenvalue weighted by atomic mass is 10.0. The van der Waals surface area contributed by atoms with Crippen molar-refractivity contribution in [3.8, 4) is 0 Å². The average molecular weight is 361 g/mol. The molecule has 142 valence electrons. The predicted octanol–water partition coefficient (Wildman–Crippen LogP) is -0.142. The van der Waals surface area contributed by atoms with E-state index in [-0.39, 0.29) is 17.9 Å². The van der Waals surface area contributed by atoms with Gasteiger partial charge in [0.05, 0.1) is 19.8 Å². The number of piperidine rings is 1. The summed E-state index contributed by atoms with van der Waals surface area (Å²) in [7, 11) is 1.65. The quantitative estimate of drug-likeness (QED) is 0.759. The molecule has 1 aromatic rings. The van der Waals surface area contributed by atoms with Crippen molar-refractivity contribution in [1.82, 2.24) is 20.5 Å². The van der Waals surface area contributed by atoms with Crippen molar-refractivity contribution in [2.24, 2.45) is 0 Å². The normalized spacial score (nSPS) is 19.2. The van der Waals surface area contributed by atoms with Gasteiger partial charge in [-0.15, -0.1) is 0 Å². The van der Waals surface area contributed by atoms with Gasteiger partial charge in [0.15, 0.2) is 0 Å².